The Bertz CT molecular complexity index is 835. The summed E-state index contributed by atoms with van der Waals surface area (Å²) in [6.07, 6.45) is -0.605. The van der Waals surface area contributed by atoms with E-state index >= 15 is 0 Å². The fraction of sp³-hybridized carbons (Fsp3) is 0.200. The van der Waals surface area contributed by atoms with E-state index in [-0.39, 0.29) is 11.1 Å². The molecule has 3 rings (SSSR count). The van der Waals surface area contributed by atoms with Gasteiger partial charge in [0.15, 0.2) is 0 Å². The van der Waals surface area contributed by atoms with Crippen molar-refractivity contribution in [3.63, 3.8) is 0 Å². The SMILES string of the molecule is C[C@H](NCc1ccc(-c2ccc(F)c(Cl)c2)o1)[C@@H](O)c1ccccc1. The second-order valence-corrected chi connectivity index (χ2v) is 6.33. The van der Waals surface area contributed by atoms with E-state index in [1.165, 1.54) is 12.1 Å². The number of hydrogen-bond acceptors (Lipinski definition) is 3. The molecule has 0 bridgehead atoms. The van der Waals surface area contributed by atoms with E-state index in [9.17, 15) is 9.50 Å². The van der Waals surface area contributed by atoms with Crippen molar-refractivity contribution in [2.24, 2.45) is 0 Å². The van der Waals surface area contributed by atoms with Crippen molar-refractivity contribution < 1.29 is 13.9 Å². The van der Waals surface area contributed by atoms with Crippen molar-refractivity contribution >= 4 is 11.6 Å². The van der Waals surface area contributed by atoms with Gasteiger partial charge in [0, 0.05) is 11.6 Å². The van der Waals surface area contributed by atoms with E-state index < -0.39 is 11.9 Å². The van der Waals surface area contributed by atoms with E-state index in [0.29, 0.717) is 12.3 Å². The molecule has 0 fully saturated rings. The first-order chi connectivity index (χ1) is 12.0. The molecule has 0 aliphatic rings. The van der Waals surface area contributed by atoms with Gasteiger partial charge in [-0.1, -0.05) is 41.9 Å². The van der Waals surface area contributed by atoms with Crippen molar-refractivity contribution in [3.8, 4) is 11.3 Å². The Labute approximate surface area is 151 Å². The van der Waals surface area contributed by atoms with Crippen LogP contribution in [0.1, 0.15) is 24.4 Å². The summed E-state index contributed by atoms with van der Waals surface area (Å²) >= 11 is 5.81. The highest BCUT2D eigenvalue weighted by atomic mass is 35.5. The van der Waals surface area contributed by atoms with Crippen LogP contribution in [0.5, 0.6) is 0 Å². The predicted molar refractivity (Wildman–Crippen MR) is 96.8 cm³/mol. The van der Waals surface area contributed by atoms with Crippen LogP contribution in [-0.4, -0.2) is 11.1 Å². The molecule has 1 aromatic heterocycles. The van der Waals surface area contributed by atoms with Crippen molar-refractivity contribution in [2.75, 3.05) is 0 Å². The lowest BCUT2D eigenvalue weighted by Gasteiger charge is -2.20. The fourth-order valence-corrected chi connectivity index (χ4v) is 2.77. The van der Waals surface area contributed by atoms with Crippen LogP contribution < -0.4 is 5.32 Å². The number of halogens is 2. The largest absolute Gasteiger partial charge is 0.460 e. The molecule has 25 heavy (non-hydrogen) atoms. The first kappa shape index (κ1) is 17.7. The summed E-state index contributed by atoms with van der Waals surface area (Å²) in [4.78, 5) is 0. The summed E-state index contributed by atoms with van der Waals surface area (Å²) in [5, 5.41) is 13.7. The Hall–Kier alpha value is -2.14. The molecule has 0 aliphatic carbocycles. The predicted octanol–water partition coefficient (Wildman–Crippen LogP) is 4.95. The van der Waals surface area contributed by atoms with E-state index in [4.69, 9.17) is 16.0 Å². The first-order valence-corrected chi connectivity index (χ1v) is 8.43. The van der Waals surface area contributed by atoms with Crippen molar-refractivity contribution in [3.05, 3.63) is 82.8 Å². The average molecular weight is 360 g/mol. The third kappa shape index (κ3) is 4.28. The first-order valence-electron chi connectivity index (χ1n) is 8.05. The molecular weight excluding hydrogens is 341 g/mol. The van der Waals surface area contributed by atoms with Gasteiger partial charge in [0.1, 0.15) is 17.3 Å². The summed E-state index contributed by atoms with van der Waals surface area (Å²) in [7, 11) is 0. The molecule has 130 valence electrons. The van der Waals surface area contributed by atoms with Crippen LogP contribution in [0.3, 0.4) is 0 Å². The van der Waals surface area contributed by atoms with Crippen LogP contribution in [0.15, 0.2) is 65.1 Å². The van der Waals surface area contributed by atoms with Gasteiger partial charge in [-0.3, -0.25) is 0 Å². The third-order valence-electron chi connectivity index (χ3n) is 4.08. The standard InChI is InChI=1S/C20H19ClFNO2/c1-13(20(24)14-5-3-2-4-6-14)23-12-16-8-10-19(25-16)15-7-9-18(22)17(21)11-15/h2-11,13,20,23-24H,12H2,1H3/t13-,20+/m0/s1. The maximum atomic E-state index is 13.2. The van der Waals surface area contributed by atoms with Crippen molar-refractivity contribution in [1.29, 1.82) is 0 Å². The number of furan rings is 1. The normalized spacial score (nSPS) is 13.6. The van der Waals surface area contributed by atoms with Crippen LogP contribution in [0.25, 0.3) is 11.3 Å². The minimum atomic E-state index is -0.605. The molecule has 0 radical (unpaired) electrons. The average Bonchev–Trinajstić information content (AvgIpc) is 3.11. The van der Waals surface area contributed by atoms with Gasteiger partial charge in [0.05, 0.1) is 17.7 Å². The highest BCUT2D eigenvalue weighted by Crippen LogP contribution is 2.26. The van der Waals surface area contributed by atoms with Gasteiger partial charge >= 0.3 is 0 Å². The number of aliphatic hydroxyl groups excluding tert-OH is 1. The van der Waals surface area contributed by atoms with Gasteiger partial charge in [-0.2, -0.15) is 0 Å². The lowest BCUT2D eigenvalue weighted by Crippen LogP contribution is -2.31. The number of hydrogen-bond donors (Lipinski definition) is 2. The number of benzene rings is 2. The summed E-state index contributed by atoms with van der Waals surface area (Å²) in [5.74, 6) is 0.889. The van der Waals surface area contributed by atoms with Crippen LogP contribution in [0, 0.1) is 5.82 Å². The lowest BCUT2D eigenvalue weighted by molar-refractivity contribution is 0.134. The quantitative estimate of drug-likeness (QED) is 0.654. The monoisotopic (exact) mass is 359 g/mol. The van der Waals surface area contributed by atoms with Crippen molar-refractivity contribution in [1.82, 2.24) is 5.32 Å². The zero-order chi connectivity index (χ0) is 17.8. The molecule has 2 atom stereocenters. The van der Waals surface area contributed by atoms with Gasteiger partial charge in [0.2, 0.25) is 0 Å². The molecule has 3 aromatic rings. The van der Waals surface area contributed by atoms with Gasteiger partial charge in [0.25, 0.3) is 0 Å². The Morgan fingerprint density at radius 2 is 1.88 bits per heavy atom. The molecule has 2 aromatic carbocycles. The maximum absolute atomic E-state index is 13.2. The highest BCUT2D eigenvalue weighted by Gasteiger charge is 2.16. The maximum Gasteiger partial charge on any atom is 0.141 e. The van der Waals surface area contributed by atoms with Crippen LogP contribution >= 0.6 is 11.6 Å². The highest BCUT2D eigenvalue weighted by molar-refractivity contribution is 6.31. The van der Waals surface area contributed by atoms with Crippen molar-refractivity contribution in [2.45, 2.75) is 25.6 Å². The van der Waals surface area contributed by atoms with Crippen LogP contribution in [0.2, 0.25) is 5.02 Å². The molecular formula is C20H19ClFNO2. The van der Waals surface area contributed by atoms with Gasteiger partial charge in [-0.15, -0.1) is 0 Å². The Kier molecular flexibility index (Phi) is 5.53. The second kappa shape index (κ2) is 7.83. The zero-order valence-corrected chi connectivity index (χ0v) is 14.5. The Morgan fingerprint density at radius 3 is 2.60 bits per heavy atom. The van der Waals surface area contributed by atoms with Gasteiger partial charge < -0.3 is 14.8 Å². The minimum Gasteiger partial charge on any atom is -0.460 e. The summed E-state index contributed by atoms with van der Waals surface area (Å²) in [6, 6.07) is 17.5. The molecule has 3 nitrogen and oxygen atoms in total. The molecule has 0 aliphatic heterocycles. The smallest absolute Gasteiger partial charge is 0.141 e. The van der Waals surface area contributed by atoms with Crippen LogP contribution in [-0.2, 0) is 6.54 Å². The van der Waals surface area contributed by atoms with Gasteiger partial charge in [-0.25, -0.2) is 4.39 Å². The topological polar surface area (TPSA) is 45.4 Å². The molecule has 0 spiro atoms. The molecule has 0 saturated carbocycles. The molecule has 5 heteroatoms. The number of rotatable bonds is 6. The van der Waals surface area contributed by atoms with E-state index in [1.54, 1.807) is 6.07 Å². The molecule has 2 N–H and O–H groups in total. The molecule has 1 heterocycles. The third-order valence-corrected chi connectivity index (χ3v) is 4.37. The second-order valence-electron chi connectivity index (χ2n) is 5.92. The molecule has 0 amide bonds. The summed E-state index contributed by atoms with van der Waals surface area (Å²) < 4.78 is 19.0. The number of aliphatic hydroxyl groups is 1. The number of nitrogens with one attached hydrogen (secondary N) is 1. The summed E-state index contributed by atoms with van der Waals surface area (Å²) in [6.45, 7) is 2.39. The summed E-state index contributed by atoms with van der Waals surface area (Å²) in [5.41, 5.74) is 1.58. The Balaban J connectivity index is 1.62. The van der Waals surface area contributed by atoms with E-state index in [0.717, 1.165) is 16.9 Å². The molecule has 0 unspecified atom stereocenters. The van der Waals surface area contributed by atoms with E-state index in [1.807, 2.05) is 49.4 Å². The fourth-order valence-electron chi connectivity index (χ4n) is 2.59. The zero-order valence-electron chi connectivity index (χ0n) is 13.7. The Morgan fingerprint density at radius 1 is 1.12 bits per heavy atom. The van der Waals surface area contributed by atoms with Gasteiger partial charge in [-0.05, 0) is 42.8 Å². The lowest BCUT2D eigenvalue weighted by atomic mass is 10.0. The van der Waals surface area contributed by atoms with Crippen LogP contribution in [0.4, 0.5) is 4.39 Å². The minimum absolute atomic E-state index is 0.0631. The molecule has 0 saturated heterocycles. The van der Waals surface area contributed by atoms with E-state index in [2.05, 4.69) is 5.32 Å².